The summed E-state index contributed by atoms with van der Waals surface area (Å²) in [6.45, 7) is 3.36. The molecule has 0 amide bonds. The van der Waals surface area contributed by atoms with Gasteiger partial charge in [-0.25, -0.2) is 0 Å². The SMILES string of the molecule is NCCOCCOc1ccc(OCCOCCO)cc1.[W].[W].[W].[W].[W].[W].[W].[W]. The maximum atomic E-state index is 8.54. The summed E-state index contributed by atoms with van der Waals surface area (Å²) >= 11 is 0. The van der Waals surface area contributed by atoms with Crippen LogP contribution in [0.15, 0.2) is 24.3 Å². The van der Waals surface area contributed by atoms with E-state index in [1.165, 1.54) is 0 Å². The molecule has 0 aliphatic carbocycles. The van der Waals surface area contributed by atoms with Gasteiger partial charge < -0.3 is 29.8 Å². The Labute approximate surface area is 282 Å². The predicted octanol–water partition coefficient (Wildman–Crippen LogP) is 0.408. The second kappa shape index (κ2) is 41.4. The molecule has 0 atom stereocenters. The van der Waals surface area contributed by atoms with Crippen molar-refractivity contribution < 1.29 is 193 Å². The fourth-order valence-corrected chi connectivity index (χ4v) is 1.42. The first kappa shape index (κ1) is 53.5. The second-order valence-corrected chi connectivity index (χ2v) is 3.91. The van der Waals surface area contributed by atoms with Gasteiger partial charge in [-0.3, -0.25) is 0 Å². The topological polar surface area (TPSA) is 83.2 Å². The Morgan fingerprint density at radius 2 is 0.929 bits per heavy atom. The Kier molecular flexibility index (Phi) is 79.1. The summed E-state index contributed by atoms with van der Waals surface area (Å²) in [7, 11) is 0. The van der Waals surface area contributed by atoms with E-state index in [4.69, 9.17) is 29.8 Å². The zero-order valence-corrected chi connectivity index (χ0v) is 38.4. The van der Waals surface area contributed by atoms with Crippen molar-refractivity contribution in [3.8, 4) is 11.5 Å². The van der Waals surface area contributed by atoms with Crippen LogP contribution in [0.2, 0.25) is 0 Å². The molecule has 0 heterocycles. The van der Waals surface area contributed by atoms with Gasteiger partial charge in [0.05, 0.1) is 33.0 Å². The van der Waals surface area contributed by atoms with Crippen LogP contribution in [0.3, 0.4) is 0 Å². The molecule has 1 aromatic carbocycles. The van der Waals surface area contributed by atoms with Crippen LogP contribution in [0, 0.1) is 0 Å². The molecule has 0 aromatic heterocycles. The van der Waals surface area contributed by atoms with Crippen LogP contribution in [0.25, 0.3) is 0 Å². The predicted molar refractivity (Wildman–Crippen MR) is 75.2 cm³/mol. The first-order chi connectivity index (χ1) is 9.86. The molecular formula is C14H23NO5W8. The van der Waals surface area contributed by atoms with Crippen LogP contribution in [0.4, 0.5) is 0 Å². The van der Waals surface area contributed by atoms with Crippen molar-refractivity contribution in [1.29, 1.82) is 0 Å². The van der Waals surface area contributed by atoms with Gasteiger partial charge in [-0.15, -0.1) is 0 Å². The zero-order chi connectivity index (χ0) is 14.5. The van der Waals surface area contributed by atoms with Gasteiger partial charge >= 0.3 is 0 Å². The monoisotopic (exact) mass is 1760 g/mol. The van der Waals surface area contributed by atoms with Gasteiger partial charge in [0.15, 0.2) is 0 Å². The fourth-order valence-electron chi connectivity index (χ4n) is 1.42. The minimum absolute atomic E-state index is 0. The van der Waals surface area contributed by atoms with Crippen molar-refractivity contribution in [3.63, 3.8) is 0 Å². The van der Waals surface area contributed by atoms with E-state index < -0.39 is 0 Å². The van der Waals surface area contributed by atoms with Crippen molar-refractivity contribution >= 4 is 0 Å². The molecule has 0 saturated carbocycles. The van der Waals surface area contributed by atoms with Gasteiger partial charge in [-0.2, -0.15) is 0 Å². The largest absolute Gasteiger partial charge is 0.491 e. The fraction of sp³-hybridized carbons (Fsp3) is 0.571. The van der Waals surface area contributed by atoms with Crippen LogP contribution >= 0.6 is 0 Å². The third-order valence-electron chi connectivity index (χ3n) is 2.31. The van der Waals surface area contributed by atoms with Crippen molar-refractivity contribution in [2.24, 2.45) is 5.73 Å². The van der Waals surface area contributed by atoms with E-state index >= 15 is 0 Å². The van der Waals surface area contributed by atoms with Crippen LogP contribution < -0.4 is 15.2 Å². The van der Waals surface area contributed by atoms with E-state index in [0.29, 0.717) is 46.2 Å². The molecule has 0 aliphatic heterocycles. The van der Waals surface area contributed by atoms with Crippen molar-refractivity contribution in [1.82, 2.24) is 0 Å². The van der Waals surface area contributed by atoms with Crippen molar-refractivity contribution in [2.45, 2.75) is 0 Å². The molecule has 0 fully saturated rings. The number of hydrogen-bond acceptors (Lipinski definition) is 6. The summed E-state index contributed by atoms with van der Waals surface area (Å²) in [4.78, 5) is 0. The van der Waals surface area contributed by atoms with E-state index in [-0.39, 0.29) is 175 Å². The van der Waals surface area contributed by atoms with E-state index in [0.717, 1.165) is 11.5 Å². The van der Waals surface area contributed by atoms with Gasteiger partial charge in [0.25, 0.3) is 0 Å². The third-order valence-corrected chi connectivity index (χ3v) is 2.31. The summed E-state index contributed by atoms with van der Waals surface area (Å²) in [5, 5.41) is 8.54. The maximum absolute atomic E-state index is 8.54. The van der Waals surface area contributed by atoms with E-state index in [1.807, 2.05) is 24.3 Å². The molecule has 28 heavy (non-hydrogen) atoms. The summed E-state index contributed by atoms with van der Waals surface area (Å²) < 4.78 is 21.3. The molecule has 0 aliphatic rings. The summed E-state index contributed by atoms with van der Waals surface area (Å²) in [5.74, 6) is 1.52. The zero-order valence-electron chi connectivity index (χ0n) is 14.9. The number of aliphatic hydroxyl groups is 1. The van der Waals surface area contributed by atoms with E-state index in [2.05, 4.69) is 0 Å². The summed E-state index contributed by atoms with van der Waals surface area (Å²) in [6.07, 6.45) is 0. The smallest absolute Gasteiger partial charge is 0.119 e. The summed E-state index contributed by atoms with van der Waals surface area (Å²) in [6, 6.07) is 7.35. The standard InChI is InChI=1S/C14H23NO5.8W/c15-5-7-17-9-11-19-13-1-3-14(4-2-13)20-12-10-18-8-6-16;;;;;;;;/h1-4,16H,5-12,15H2;;;;;;;;. The molecule has 1 rings (SSSR count). The molecule has 0 unspecified atom stereocenters. The first-order valence-electron chi connectivity index (χ1n) is 6.69. The van der Waals surface area contributed by atoms with Crippen molar-refractivity contribution in [2.75, 3.05) is 52.8 Å². The van der Waals surface area contributed by atoms with Gasteiger partial charge in [0, 0.05) is 175 Å². The molecule has 0 saturated heterocycles. The molecule has 0 spiro atoms. The van der Waals surface area contributed by atoms with Gasteiger partial charge in [0.2, 0.25) is 0 Å². The van der Waals surface area contributed by atoms with Crippen LogP contribution in [-0.4, -0.2) is 57.9 Å². The molecule has 3 N–H and O–H groups in total. The number of hydrogen-bond donors (Lipinski definition) is 2. The number of rotatable bonds is 12. The Bertz CT molecular complexity index is 322. The minimum atomic E-state index is 0. The van der Waals surface area contributed by atoms with Crippen LogP contribution in [0.1, 0.15) is 0 Å². The Morgan fingerprint density at radius 3 is 1.25 bits per heavy atom. The molecule has 14 heteroatoms. The second-order valence-electron chi connectivity index (χ2n) is 3.91. The number of ether oxygens (including phenoxy) is 4. The first-order valence-corrected chi connectivity index (χ1v) is 6.69. The number of aliphatic hydroxyl groups excluding tert-OH is 1. The quantitative estimate of drug-likeness (QED) is 0.296. The molecule has 1 aromatic rings. The normalized spacial score (nSPS) is 7.50. The van der Waals surface area contributed by atoms with E-state index in [9.17, 15) is 0 Å². The molecule has 0 bridgehead atoms. The Morgan fingerprint density at radius 1 is 0.571 bits per heavy atom. The molecule has 0 radical (unpaired) electrons. The third kappa shape index (κ3) is 32.3. The van der Waals surface area contributed by atoms with Gasteiger partial charge in [-0.05, 0) is 24.3 Å². The maximum Gasteiger partial charge on any atom is 0.119 e. The van der Waals surface area contributed by atoms with Crippen LogP contribution in [-0.2, 0) is 178 Å². The van der Waals surface area contributed by atoms with Gasteiger partial charge in [-0.1, -0.05) is 0 Å². The molecular weight excluding hydrogens is 1730 g/mol. The Balaban J connectivity index is -0.0000000833. The average molecular weight is 1760 g/mol. The minimum Gasteiger partial charge on any atom is -0.491 e. The number of nitrogens with two attached hydrogens (primary N) is 1. The molecule has 6 nitrogen and oxygen atoms in total. The van der Waals surface area contributed by atoms with Gasteiger partial charge in [0.1, 0.15) is 24.7 Å². The van der Waals surface area contributed by atoms with E-state index in [1.54, 1.807) is 0 Å². The Hall–Kier alpha value is 4.17. The van der Waals surface area contributed by atoms with Crippen LogP contribution in [0.5, 0.6) is 11.5 Å². The summed E-state index contributed by atoms with van der Waals surface area (Å²) in [5.41, 5.74) is 5.30. The van der Waals surface area contributed by atoms with Crippen molar-refractivity contribution in [3.05, 3.63) is 24.3 Å². The molecule has 162 valence electrons. The number of benzene rings is 1. The average Bonchev–Trinajstić information content (AvgIpc) is 2.48.